The molecule has 0 spiro atoms. The van der Waals surface area contributed by atoms with Gasteiger partial charge in [-0.3, -0.25) is 0 Å². The number of hydrogen-bond donors (Lipinski definition) is 2. The van der Waals surface area contributed by atoms with Crippen LogP contribution < -0.4 is 5.63 Å². The molecule has 0 bridgehead atoms. The minimum Gasteiger partial charge on any atom is -0.504 e. The minimum absolute atomic E-state index is 0.239. The van der Waals surface area contributed by atoms with Crippen LogP contribution in [-0.4, -0.2) is 19.8 Å². The molecular weight excluding hydrogens is 340 g/mol. The SMILES string of the molecule is Cn1c(SCc2cc(=O)oc3cc(O)c(O)cc23)nc2ccccc21. The first-order valence-electron chi connectivity index (χ1n) is 7.56. The number of rotatable bonds is 3. The molecule has 0 fully saturated rings. The number of aryl methyl sites for hydroxylation is 1. The smallest absolute Gasteiger partial charge is 0.336 e. The van der Waals surface area contributed by atoms with E-state index in [1.54, 1.807) is 0 Å². The zero-order valence-corrected chi connectivity index (χ0v) is 14.1. The monoisotopic (exact) mass is 354 g/mol. The van der Waals surface area contributed by atoms with E-state index in [-0.39, 0.29) is 17.1 Å². The van der Waals surface area contributed by atoms with Crippen molar-refractivity contribution in [1.29, 1.82) is 0 Å². The second-order valence-corrected chi connectivity index (χ2v) is 6.60. The van der Waals surface area contributed by atoms with Crippen molar-refractivity contribution in [2.75, 3.05) is 0 Å². The molecule has 0 saturated carbocycles. The number of aromatic nitrogens is 2. The van der Waals surface area contributed by atoms with Crippen molar-refractivity contribution in [2.45, 2.75) is 10.9 Å². The van der Waals surface area contributed by atoms with E-state index in [0.717, 1.165) is 16.2 Å². The molecule has 0 aliphatic carbocycles. The standard InChI is InChI=1S/C18H14N2O4S/c1-20-13-5-3-2-4-12(13)19-18(20)25-9-10-6-17(23)24-16-8-15(22)14(21)7-11(10)16/h2-8,21-22H,9H2,1H3. The fourth-order valence-corrected chi connectivity index (χ4v) is 3.74. The summed E-state index contributed by atoms with van der Waals surface area (Å²) < 4.78 is 7.10. The van der Waals surface area contributed by atoms with Crippen LogP contribution in [0.15, 0.2) is 56.8 Å². The lowest BCUT2D eigenvalue weighted by molar-refractivity contribution is 0.403. The van der Waals surface area contributed by atoms with Crippen molar-refractivity contribution >= 4 is 33.8 Å². The summed E-state index contributed by atoms with van der Waals surface area (Å²) in [6.45, 7) is 0. The van der Waals surface area contributed by atoms with Crippen LogP contribution >= 0.6 is 11.8 Å². The van der Waals surface area contributed by atoms with Gasteiger partial charge in [-0.15, -0.1) is 0 Å². The maximum Gasteiger partial charge on any atom is 0.336 e. The number of imidazole rings is 1. The summed E-state index contributed by atoms with van der Waals surface area (Å²) in [6.07, 6.45) is 0. The molecular formula is C18H14N2O4S. The molecule has 7 heteroatoms. The van der Waals surface area contributed by atoms with Crippen molar-refractivity contribution in [1.82, 2.24) is 9.55 Å². The number of nitrogens with zero attached hydrogens (tertiary/aromatic N) is 2. The van der Waals surface area contributed by atoms with Crippen molar-refractivity contribution in [3.8, 4) is 11.5 Å². The van der Waals surface area contributed by atoms with E-state index in [0.29, 0.717) is 16.7 Å². The molecule has 2 aromatic carbocycles. The van der Waals surface area contributed by atoms with E-state index < -0.39 is 5.63 Å². The van der Waals surface area contributed by atoms with Gasteiger partial charge in [0.2, 0.25) is 0 Å². The molecule has 0 atom stereocenters. The van der Waals surface area contributed by atoms with E-state index in [9.17, 15) is 15.0 Å². The molecule has 2 heterocycles. The van der Waals surface area contributed by atoms with Gasteiger partial charge < -0.3 is 19.2 Å². The van der Waals surface area contributed by atoms with Gasteiger partial charge in [-0.05, 0) is 23.8 Å². The Bertz CT molecular complexity index is 1160. The van der Waals surface area contributed by atoms with Crippen LogP contribution in [0.4, 0.5) is 0 Å². The quantitative estimate of drug-likeness (QED) is 0.333. The number of fused-ring (bicyclic) bond motifs is 2. The van der Waals surface area contributed by atoms with Crippen molar-refractivity contribution < 1.29 is 14.6 Å². The van der Waals surface area contributed by atoms with Crippen molar-refractivity contribution in [2.24, 2.45) is 7.05 Å². The first kappa shape index (κ1) is 15.6. The Morgan fingerprint density at radius 3 is 2.72 bits per heavy atom. The van der Waals surface area contributed by atoms with Crippen LogP contribution in [0.2, 0.25) is 0 Å². The third-order valence-electron chi connectivity index (χ3n) is 4.03. The molecule has 4 rings (SSSR count). The van der Waals surface area contributed by atoms with Gasteiger partial charge in [0.25, 0.3) is 0 Å². The molecule has 2 N–H and O–H groups in total. The second kappa shape index (κ2) is 5.86. The maximum atomic E-state index is 11.8. The fraction of sp³-hybridized carbons (Fsp3) is 0.111. The molecule has 0 saturated heterocycles. The van der Waals surface area contributed by atoms with Crippen molar-refractivity contribution in [3.63, 3.8) is 0 Å². The Morgan fingerprint density at radius 2 is 1.92 bits per heavy atom. The van der Waals surface area contributed by atoms with Crippen LogP contribution in [0.25, 0.3) is 22.0 Å². The molecule has 0 unspecified atom stereocenters. The summed E-state index contributed by atoms with van der Waals surface area (Å²) in [4.78, 5) is 16.4. The highest BCUT2D eigenvalue weighted by molar-refractivity contribution is 7.98. The first-order chi connectivity index (χ1) is 12.0. The van der Waals surface area contributed by atoms with Gasteiger partial charge in [0, 0.05) is 30.3 Å². The maximum absolute atomic E-state index is 11.8. The summed E-state index contributed by atoms with van der Waals surface area (Å²) >= 11 is 1.49. The number of phenolic OH excluding ortho intramolecular Hbond substituents is 2. The molecule has 0 radical (unpaired) electrons. The summed E-state index contributed by atoms with van der Waals surface area (Å²) in [5, 5.41) is 20.7. The van der Waals surface area contributed by atoms with Gasteiger partial charge in [0.15, 0.2) is 16.7 Å². The van der Waals surface area contributed by atoms with Gasteiger partial charge in [-0.1, -0.05) is 23.9 Å². The molecule has 2 aromatic heterocycles. The van der Waals surface area contributed by atoms with E-state index >= 15 is 0 Å². The highest BCUT2D eigenvalue weighted by Gasteiger charge is 2.13. The number of phenols is 2. The average molecular weight is 354 g/mol. The lowest BCUT2D eigenvalue weighted by Crippen LogP contribution is -2.00. The topological polar surface area (TPSA) is 88.5 Å². The average Bonchev–Trinajstić information content (AvgIpc) is 2.91. The Kier molecular flexibility index (Phi) is 3.65. The lowest BCUT2D eigenvalue weighted by atomic mass is 10.1. The Labute approximate surface area is 146 Å². The minimum atomic E-state index is -0.502. The Morgan fingerprint density at radius 1 is 1.16 bits per heavy atom. The van der Waals surface area contributed by atoms with E-state index in [4.69, 9.17) is 4.42 Å². The molecule has 0 aliphatic heterocycles. The van der Waals surface area contributed by atoms with Crippen LogP contribution in [0, 0.1) is 0 Å². The van der Waals surface area contributed by atoms with Gasteiger partial charge in [0.05, 0.1) is 11.0 Å². The van der Waals surface area contributed by atoms with Crippen LogP contribution in [0.5, 0.6) is 11.5 Å². The van der Waals surface area contributed by atoms with Crippen molar-refractivity contribution in [3.05, 3.63) is 58.4 Å². The second-order valence-electron chi connectivity index (χ2n) is 5.66. The molecule has 0 aliphatic rings. The van der Waals surface area contributed by atoms with Gasteiger partial charge in [-0.25, -0.2) is 9.78 Å². The number of hydrogen-bond acceptors (Lipinski definition) is 6. The number of benzene rings is 2. The molecule has 4 aromatic rings. The van der Waals surface area contributed by atoms with E-state index in [1.165, 1.54) is 30.0 Å². The predicted octanol–water partition coefficient (Wildman–Crippen LogP) is 3.38. The van der Waals surface area contributed by atoms with Gasteiger partial charge in [0.1, 0.15) is 5.58 Å². The first-order valence-corrected chi connectivity index (χ1v) is 8.54. The Hall–Kier alpha value is -2.93. The zero-order valence-electron chi connectivity index (χ0n) is 13.3. The largest absolute Gasteiger partial charge is 0.504 e. The van der Waals surface area contributed by atoms with Gasteiger partial charge >= 0.3 is 5.63 Å². The molecule has 126 valence electrons. The third kappa shape index (κ3) is 2.72. The number of thioether (sulfide) groups is 1. The zero-order chi connectivity index (χ0) is 17.6. The normalized spacial score (nSPS) is 11.4. The van der Waals surface area contributed by atoms with Crippen LogP contribution in [0.3, 0.4) is 0 Å². The summed E-state index contributed by atoms with van der Waals surface area (Å²) in [7, 11) is 1.94. The highest BCUT2D eigenvalue weighted by atomic mass is 32.2. The Balaban J connectivity index is 1.74. The molecule has 0 amide bonds. The number of aromatic hydroxyl groups is 2. The van der Waals surface area contributed by atoms with Crippen LogP contribution in [0.1, 0.15) is 5.56 Å². The summed E-state index contributed by atoms with van der Waals surface area (Å²) in [5.74, 6) is -0.102. The lowest BCUT2D eigenvalue weighted by Gasteiger charge is -2.07. The van der Waals surface area contributed by atoms with Crippen LogP contribution in [-0.2, 0) is 12.8 Å². The fourth-order valence-electron chi connectivity index (χ4n) is 2.77. The highest BCUT2D eigenvalue weighted by Crippen LogP contribution is 2.33. The number of para-hydroxylation sites is 2. The van der Waals surface area contributed by atoms with Gasteiger partial charge in [-0.2, -0.15) is 0 Å². The summed E-state index contributed by atoms with van der Waals surface area (Å²) in [5.41, 5.74) is 2.39. The van der Waals surface area contributed by atoms with E-state index in [1.807, 2.05) is 35.9 Å². The predicted molar refractivity (Wildman–Crippen MR) is 96.1 cm³/mol. The van der Waals surface area contributed by atoms with E-state index in [2.05, 4.69) is 4.98 Å². The third-order valence-corrected chi connectivity index (χ3v) is 5.11. The summed E-state index contributed by atoms with van der Waals surface area (Å²) in [6, 6.07) is 11.9. The molecule has 6 nitrogen and oxygen atoms in total. The molecule has 25 heavy (non-hydrogen) atoms.